The molecule has 102 valence electrons. The molecule has 0 amide bonds. The maximum Gasteiger partial charge on any atom is 0.148 e. The first kappa shape index (κ1) is 13.7. The highest BCUT2D eigenvalue weighted by atomic mass is 19.1. The van der Waals surface area contributed by atoms with E-state index in [2.05, 4.69) is 17.3 Å². The lowest BCUT2D eigenvalue weighted by molar-refractivity contribution is 0.610. The van der Waals surface area contributed by atoms with Crippen LogP contribution < -0.4 is 5.32 Å². The normalized spacial score (nSPS) is 10.8. The van der Waals surface area contributed by atoms with Gasteiger partial charge in [-0.05, 0) is 50.0 Å². The number of benzene rings is 1. The van der Waals surface area contributed by atoms with E-state index in [0.717, 1.165) is 37.9 Å². The van der Waals surface area contributed by atoms with Crippen LogP contribution in [0.25, 0.3) is 5.69 Å². The van der Waals surface area contributed by atoms with Gasteiger partial charge in [-0.15, -0.1) is 0 Å². The molecule has 2 rings (SSSR count). The first-order valence-corrected chi connectivity index (χ1v) is 6.80. The van der Waals surface area contributed by atoms with Gasteiger partial charge < -0.3 is 5.32 Å². The molecule has 0 unspecified atom stereocenters. The van der Waals surface area contributed by atoms with Crippen molar-refractivity contribution in [3.05, 3.63) is 48.0 Å². The molecule has 19 heavy (non-hydrogen) atoms. The third kappa shape index (κ3) is 3.89. The summed E-state index contributed by atoms with van der Waals surface area (Å²) in [7, 11) is 0. The third-order valence-electron chi connectivity index (χ3n) is 2.98. The molecule has 1 heterocycles. The van der Waals surface area contributed by atoms with Gasteiger partial charge in [-0.2, -0.15) is 5.10 Å². The lowest BCUT2D eigenvalue weighted by Gasteiger charge is -2.02. The van der Waals surface area contributed by atoms with Gasteiger partial charge in [0, 0.05) is 6.20 Å². The lowest BCUT2D eigenvalue weighted by Crippen LogP contribution is -2.16. The molecule has 0 atom stereocenters. The highest BCUT2D eigenvalue weighted by Crippen LogP contribution is 2.13. The monoisotopic (exact) mass is 261 g/mol. The molecule has 2 aromatic rings. The van der Waals surface area contributed by atoms with Crippen molar-refractivity contribution in [3.63, 3.8) is 0 Å². The fourth-order valence-electron chi connectivity index (χ4n) is 1.98. The van der Waals surface area contributed by atoms with Crippen molar-refractivity contribution in [1.29, 1.82) is 0 Å². The van der Waals surface area contributed by atoms with Crippen LogP contribution in [0.15, 0.2) is 36.7 Å². The first-order valence-electron chi connectivity index (χ1n) is 6.80. The van der Waals surface area contributed by atoms with Crippen molar-refractivity contribution in [2.75, 3.05) is 13.1 Å². The van der Waals surface area contributed by atoms with Crippen molar-refractivity contribution in [3.8, 4) is 5.69 Å². The summed E-state index contributed by atoms with van der Waals surface area (Å²) in [4.78, 5) is 0. The van der Waals surface area contributed by atoms with Gasteiger partial charge >= 0.3 is 0 Å². The van der Waals surface area contributed by atoms with Crippen molar-refractivity contribution in [1.82, 2.24) is 15.1 Å². The topological polar surface area (TPSA) is 29.9 Å². The van der Waals surface area contributed by atoms with Gasteiger partial charge in [-0.1, -0.05) is 19.1 Å². The summed E-state index contributed by atoms with van der Waals surface area (Å²) in [5.41, 5.74) is 1.64. The quantitative estimate of drug-likeness (QED) is 0.777. The Labute approximate surface area is 113 Å². The Morgan fingerprint density at radius 1 is 1.26 bits per heavy atom. The molecule has 0 aliphatic rings. The van der Waals surface area contributed by atoms with Crippen LogP contribution in [-0.2, 0) is 6.42 Å². The fourth-order valence-corrected chi connectivity index (χ4v) is 1.98. The minimum Gasteiger partial charge on any atom is -0.317 e. The molecular weight excluding hydrogens is 241 g/mol. The van der Waals surface area contributed by atoms with Crippen LogP contribution in [0.4, 0.5) is 4.39 Å². The number of halogens is 1. The van der Waals surface area contributed by atoms with Crippen LogP contribution in [0.5, 0.6) is 0 Å². The van der Waals surface area contributed by atoms with Crippen LogP contribution in [0, 0.1) is 5.82 Å². The summed E-state index contributed by atoms with van der Waals surface area (Å²) in [6, 6.07) is 6.68. The maximum atomic E-state index is 13.6. The number of hydrogen-bond acceptors (Lipinski definition) is 2. The van der Waals surface area contributed by atoms with E-state index in [9.17, 15) is 4.39 Å². The van der Waals surface area contributed by atoms with Gasteiger partial charge in [0.15, 0.2) is 0 Å². The zero-order valence-electron chi connectivity index (χ0n) is 11.3. The summed E-state index contributed by atoms with van der Waals surface area (Å²) in [5, 5.41) is 7.58. The SMILES string of the molecule is CCCNCCCc1cnn(-c2ccccc2F)c1. The molecule has 0 fully saturated rings. The van der Waals surface area contributed by atoms with Gasteiger partial charge in [0.2, 0.25) is 0 Å². The average Bonchev–Trinajstić information content (AvgIpc) is 2.88. The van der Waals surface area contributed by atoms with E-state index in [0.29, 0.717) is 5.69 Å². The second kappa shape index (κ2) is 7.04. The van der Waals surface area contributed by atoms with Crippen molar-refractivity contribution < 1.29 is 4.39 Å². The van der Waals surface area contributed by atoms with Crippen LogP contribution in [0.2, 0.25) is 0 Å². The van der Waals surface area contributed by atoms with Gasteiger partial charge in [0.05, 0.1) is 6.20 Å². The minimum atomic E-state index is -0.248. The van der Waals surface area contributed by atoms with Crippen LogP contribution in [0.3, 0.4) is 0 Å². The number of aryl methyl sites for hydroxylation is 1. The molecule has 1 aromatic heterocycles. The van der Waals surface area contributed by atoms with E-state index >= 15 is 0 Å². The first-order chi connectivity index (χ1) is 9.31. The Hall–Kier alpha value is -1.68. The molecule has 0 radical (unpaired) electrons. The van der Waals surface area contributed by atoms with Crippen LogP contribution >= 0.6 is 0 Å². The number of aromatic nitrogens is 2. The van der Waals surface area contributed by atoms with E-state index in [-0.39, 0.29) is 5.82 Å². The van der Waals surface area contributed by atoms with E-state index in [4.69, 9.17) is 0 Å². The number of nitrogens with one attached hydrogen (secondary N) is 1. The molecule has 3 nitrogen and oxygen atoms in total. The molecule has 0 saturated carbocycles. The summed E-state index contributed by atoms with van der Waals surface area (Å²) < 4.78 is 15.2. The zero-order chi connectivity index (χ0) is 13.5. The fraction of sp³-hybridized carbons (Fsp3) is 0.400. The van der Waals surface area contributed by atoms with E-state index in [1.54, 1.807) is 16.8 Å². The van der Waals surface area contributed by atoms with Crippen molar-refractivity contribution in [2.24, 2.45) is 0 Å². The lowest BCUT2D eigenvalue weighted by atomic mass is 10.2. The molecule has 0 bridgehead atoms. The zero-order valence-corrected chi connectivity index (χ0v) is 11.3. The smallest absolute Gasteiger partial charge is 0.148 e. The maximum absolute atomic E-state index is 13.6. The average molecular weight is 261 g/mol. The Balaban J connectivity index is 1.91. The highest BCUT2D eigenvalue weighted by Gasteiger charge is 2.05. The summed E-state index contributed by atoms with van der Waals surface area (Å²) >= 11 is 0. The Kier molecular flexibility index (Phi) is 5.10. The standard InChI is InChI=1S/C15H20FN3/c1-2-9-17-10-5-6-13-11-18-19(12-13)15-8-4-3-7-14(15)16/h3-4,7-8,11-12,17H,2,5-6,9-10H2,1H3. The molecule has 1 N–H and O–H groups in total. The molecule has 0 aliphatic heterocycles. The largest absolute Gasteiger partial charge is 0.317 e. The van der Waals surface area contributed by atoms with Gasteiger partial charge in [0.25, 0.3) is 0 Å². The van der Waals surface area contributed by atoms with Gasteiger partial charge in [-0.25, -0.2) is 9.07 Å². The van der Waals surface area contributed by atoms with Crippen molar-refractivity contribution >= 4 is 0 Å². The van der Waals surface area contributed by atoms with E-state index < -0.39 is 0 Å². The summed E-state index contributed by atoms with van der Waals surface area (Å²) in [5.74, 6) is -0.248. The number of rotatable bonds is 7. The molecule has 0 spiro atoms. The molecule has 1 aromatic carbocycles. The number of para-hydroxylation sites is 1. The van der Waals surface area contributed by atoms with Crippen molar-refractivity contribution in [2.45, 2.75) is 26.2 Å². The molecule has 4 heteroatoms. The Bertz CT molecular complexity index is 508. The van der Waals surface area contributed by atoms with E-state index in [1.807, 2.05) is 18.5 Å². The minimum absolute atomic E-state index is 0.248. The number of nitrogens with zero attached hydrogens (tertiary/aromatic N) is 2. The summed E-state index contributed by atoms with van der Waals surface area (Å²) in [6.07, 6.45) is 6.91. The Morgan fingerprint density at radius 2 is 2.11 bits per heavy atom. The molecule has 0 saturated heterocycles. The van der Waals surface area contributed by atoms with Crippen LogP contribution in [0.1, 0.15) is 25.3 Å². The van der Waals surface area contributed by atoms with Gasteiger partial charge in [-0.3, -0.25) is 0 Å². The molecule has 0 aliphatic carbocycles. The third-order valence-corrected chi connectivity index (χ3v) is 2.98. The van der Waals surface area contributed by atoms with Crippen LogP contribution in [-0.4, -0.2) is 22.9 Å². The molecular formula is C15H20FN3. The predicted molar refractivity (Wildman–Crippen MR) is 75.0 cm³/mol. The predicted octanol–water partition coefficient (Wildman–Crippen LogP) is 2.94. The highest BCUT2D eigenvalue weighted by molar-refractivity contribution is 5.32. The number of hydrogen-bond donors (Lipinski definition) is 1. The second-order valence-corrected chi connectivity index (χ2v) is 4.60. The van der Waals surface area contributed by atoms with E-state index in [1.165, 1.54) is 6.07 Å². The Morgan fingerprint density at radius 3 is 2.89 bits per heavy atom. The summed E-state index contributed by atoms with van der Waals surface area (Å²) in [6.45, 7) is 4.23. The second-order valence-electron chi connectivity index (χ2n) is 4.60. The van der Waals surface area contributed by atoms with Gasteiger partial charge in [0.1, 0.15) is 11.5 Å².